The number of benzene rings is 1. The first-order chi connectivity index (χ1) is 9.28. The number of hydrogen-bond donors (Lipinski definition) is 0. The second-order valence-electron chi connectivity index (χ2n) is 5.20. The molecule has 0 spiro atoms. The fourth-order valence-electron chi connectivity index (χ4n) is 2.88. The van der Waals surface area contributed by atoms with E-state index in [1.807, 2.05) is 12.1 Å². The first-order valence-electron chi connectivity index (χ1n) is 6.88. The summed E-state index contributed by atoms with van der Waals surface area (Å²) in [5.74, 6) is 1.51. The highest BCUT2D eigenvalue weighted by Crippen LogP contribution is 2.33. The van der Waals surface area contributed by atoms with Crippen molar-refractivity contribution < 1.29 is 4.74 Å². The molecule has 0 bridgehead atoms. The Labute approximate surface area is 114 Å². The van der Waals surface area contributed by atoms with Gasteiger partial charge in [-0.25, -0.2) is 0 Å². The van der Waals surface area contributed by atoms with Gasteiger partial charge in [-0.05, 0) is 61.9 Å². The molecule has 1 aliphatic rings. The van der Waals surface area contributed by atoms with E-state index >= 15 is 0 Å². The van der Waals surface area contributed by atoms with Gasteiger partial charge in [0.25, 0.3) is 0 Å². The number of aryl methyl sites for hydroxylation is 1. The van der Waals surface area contributed by atoms with E-state index in [9.17, 15) is 0 Å². The van der Waals surface area contributed by atoms with Crippen molar-refractivity contribution in [2.24, 2.45) is 0 Å². The highest BCUT2D eigenvalue weighted by molar-refractivity contribution is 5.81. The van der Waals surface area contributed by atoms with Gasteiger partial charge in [-0.2, -0.15) is 0 Å². The van der Waals surface area contributed by atoms with Crippen molar-refractivity contribution in [2.75, 3.05) is 7.11 Å². The SMILES string of the molecule is COc1ccc2nc(C)c(C3CC=CCC3)cc2c1. The van der Waals surface area contributed by atoms with Crippen LogP contribution in [0.25, 0.3) is 10.9 Å². The lowest BCUT2D eigenvalue weighted by Gasteiger charge is -2.20. The molecule has 2 heteroatoms. The van der Waals surface area contributed by atoms with E-state index in [1.54, 1.807) is 7.11 Å². The smallest absolute Gasteiger partial charge is 0.119 e. The zero-order valence-corrected chi connectivity index (χ0v) is 11.5. The third-order valence-electron chi connectivity index (χ3n) is 3.96. The van der Waals surface area contributed by atoms with Crippen LogP contribution < -0.4 is 4.74 Å². The van der Waals surface area contributed by atoms with Crippen molar-refractivity contribution in [1.82, 2.24) is 4.98 Å². The van der Waals surface area contributed by atoms with Crippen molar-refractivity contribution in [3.8, 4) is 5.75 Å². The maximum Gasteiger partial charge on any atom is 0.119 e. The van der Waals surface area contributed by atoms with Crippen LogP contribution >= 0.6 is 0 Å². The number of rotatable bonds is 2. The molecule has 3 rings (SSSR count). The van der Waals surface area contributed by atoms with Gasteiger partial charge in [-0.15, -0.1) is 0 Å². The van der Waals surface area contributed by atoms with Crippen LogP contribution in [0, 0.1) is 6.92 Å². The monoisotopic (exact) mass is 253 g/mol. The van der Waals surface area contributed by atoms with Crippen LogP contribution in [-0.2, 0) is 0 Å². The van der Waals surface area contributed by atoms with Crippen molar-refractivity contribution in [1.29, 1.82) is 0 Å². The molecule has 2 nitrogen and oxygen atoms in total. The van der Waals surface area contributed by atoms with Crippen LogP contribution in [0.3, 0.4) is 0 Å². The standard InChI is InChI=1S/C17H19NO/c1-12-16(13-6-4-3-5-7-13)11-14-10-15(19-2)8-9-17(14)18-12/h3-4,8-11,13H,5-7H2,1-2H3. The Bertz CT molecular complexity index is 630. The Hall–Kier alpha value is -1.83. The molecule has 0 radical (unpaired) electrons. The molecule has 0 saturated heterocycles. The van der Waals surface area contributed by atoms with E-state index in [0.29, 0.717) is 5.92 Å². The minimum atomic E-state index is 0.619. The molecule has 0 saturated carbocycles. The Kier molecular flexibility index (Phi) is 3.24. The second-order valence-corrected chi connectivity index (χ2v) is 5.20. The summed E-state index contributed by atoms with van der Waals surface area (Å²) in [6, 6.07) is 8.37. The minimum absolute atomic E-state index is 0.619. The lowest BCUT2D eigenvalue weighted by molar-refractivity contribution is 0.415. The van der Waals surface area contributed by atoms with Gasteiger partial charge < -0.3 is 4.74 Å². The molecule has 1 aliphatic carbocycles. The molecule has 0 fully saturated rings. The van der Waals surface area contributed by atoms with E-state index in [-0.39, 0.29) is 0 Å². The van der Waals surface area contributed by atoms with E-state index in [2.05, 4.69) is 31.2 Å². The van der Waals surface area contributed by atoms with Crippen LogP contribution in [0.2, 0.25) is 0 Å². The van der Waals surface area contributed by atoms with Gasteiger partial charge in [-0.3, -0.25) is 4.98 Å². The number of methoxy groups -OCH3 is 1. The average Bonchev–Trinajstić information content (AvgIpc) is 2.47. The predicted molar refractivity (Wildman–Crippen MR) is 78.8 cm³/mol. The molecule has 98 valence electrons. The summed E-state index contributed by atoms with van der Waals surface area (Å²) in [5, 5.41) is 1.18. The normalized spacial score (nSPS) is 18.7. The van der Waals surface area contributed by atoms with E-state index in [1.165, 1.54) is 23.8 Å². The highest BCUT2D eigenvalue weighted by Gasteiger charge is 2.16. The summed E-state index contributed by atoms with van der Waals surface area (Å²) in [4.78, 5) is 4.75. The summed E-state index contributed by atoms with van der Waals surface area (Å²) in [5.41, 5.74) is 3.61. The molecule has 0 aliphatic heterocycles. The van der Waals surface area contributed by atoms with Crippen LogP contribution in [0.15, 0.2) is 36.4 Å². The topological polar surface area (TPSA) is 22.1 Å². The van der Waals surface area contributed by atoms with Crippen molar-refractivity contribution in [3.63, 3.8) is 0 Å². The number of ether oxygens (including phenoxy) is 1. The molecule has 1 atom stereocenters. The summed E-state index contributed by atoms with van der Waals surface area (Å²) in [7, 11) is 1.70. The maximum atomic E-state index is 5.30. The Balaban J connectivity index is 2.08. The number of allylic oxidation sites excluding steroid dienone is 2. The highest BCUT2D eigenvalue weighted by atomic mass is 16.5. The molecule has 0 N–H and O–H groups in total. The van der Waals surface area contributed by atoms with Crippen LogP contribution in [0.1, 0.15) is 36.4 Å². The maximum absolute atomic E-state index is 5.30. The molecule has 19 heavy (non-hydrogen) atoms. The van der Waals surface area contributed by atoms with Crippen LogP contribution in [0.5, 0.6) is 5.75 Å². The van der Waals surface area contributed by atoms with E-state index in [0.717, 1.165) is 23.4 Å². The number of hydrogen-bond acceptors (Lipinski definition) is 2. The first-order valence-corrected chi connectivity index (χ1v) is 6.88. The molecule has 1 aromatic heterocycles. The Morgan fingerprint density at radius 1 is 1.21 bits per heavy atom. The van der Waals surface area contributed by atoms with Gasteiger partial charge in [0.05, 0.1) is 12.6 Å². The van der Waals surface area contributed by atoms with Gasteiger partial charge >= 0.3 is 0 Å². The van der Waals surface area contributed by atoms with Gasteiger partial charge in [0.2, 0.25) is 0 Å². The molecule has 1 heterocycles. The quantitative estimate of drug-likeness (QED) is 0.741. The molecule has 2 aromatic rings. The lowest BCUT2D eigenvalue weighted by atomic mass is 9.86. The molecule has 1 unspecified atom stereocenters. The Morgan fingerprint density at radius 2 is 2.11 bits per heavy atom. The summed E-state index contributed by atoms with van der Waals surface area (Å²) in [6.45, 7) is 2.12. The Morgan fingerprint density at radius 3 is 2.84 bits per heavy atom. The molecule has 1 aromatic carbocycles. The fraction of sp³-hybridized carbons (Fsp3) is 0.353. The predicted octanol–water partition coefficient (Wildman–Crippen LogP) is 4.38. The number of fused-ring (bicyclic) bond motifs is 1. The lowest BCUT2D eigenvalue weighted by Crippen LogP contribution is -2.04. The van der Waals surface area contributed by atoms with Crippen LogP contribution in [-0.4, -0.2) is 12.1 Å². The first kappa shape index (κ1) is 12.2. The van der Waals surface area contributed by atoms with Crippen molar-refractivity contribution in [2.45, 2.75) is 32.1 Å². The minimum Gasteiger partial charge on any atom is -0.497 e. The van der Waals surface area contributed by atoms with E-state index in [4.69, 9.17) is 9.72 Å². The summed E-state index contributed by atoms with van der Waals surface area (Å²) >= 11 is 0. The van der Waals surface area contributed by atoms with Gasteiger partial charge in [0, 0.05) is 11.1 Å². The molecular formula is C17H19NO. The number of pyridine rings is 1. The number of nitrogens with zero attached hydrogens (tertiary/aromatic N) is 1. The van der Waals surface area contributed by atoms with Crippen molar-refractivity contribution >= 4 is 10.9 Å². The largest absolute Gasteiger partial charge is 0.497 e. The van der Waals surface area contributed by atoms with Gasteiger partial charge in [0.1, 0.15) is 5.75 Å². The zero-order valence-electron chi connectivity index (χ0n) is 11.5. The van der Waals surface area contributed by atoms with Gasteiger partial charge in [-0.1, -0.05) is 12.2 Å². The summed E-state index contributed by atoms with van der Waals surface area (Å²) in [6.07, 6.45) is 8.12. The molecular weight excluding hydrogens is 234 g/mol. The van der Waals surface area contributed by atoms with Crippen molar-refractivity contribution in [3.05, 3.63) is 47.7 Å². The zero-order chi connectivity index (χ0) is 13.2. The average molecular weight is 253 g/mol. The van der Waals surface area contributed by atoms with E-state index < -0.39 is 0 Å². The second kappa shape index (κ2) is 5.04. The third-order valence-corrected chi connectivity index (χ3v) is 3.96. The van der Waals surface area contributed by atoms with Crippen LogP contribution in [0.4, 0.5) is 0 Å². The fourth-order valence-corrected chi connectivity index (χ4v) is 2.88. The molecule has 0 amide bonds. The third kappa shape index (κ3) is 2.35. The summed E-state index contributed by atoms with van der Waals surface area (Å²) < 4.78 is 5.30. The van der Waals surface area contributed by atoms with Gasteiger partial charge in [0.15, 0.2) is 0 Å². The number of aromatic nitrogens is 1.